The van der Waals surface area contributed by atoms with Crippen molar-refractivity contribution in [2.24, 2.45) is 5.41 Å². The van der Waals surface area contributed by atoms with Gasteiger partial charge in [0.05, 0.1) is 29.1 Å². The molecule has 204 valence electrons. The number of alkyl halides is 1. The molecule has 1 saturated heterocycles. The van der Waals surface area contributed by atoms with Gasteiger partial charge in [-0.15, -0.1) is 11.8 Å². The number of nitrogens with zero attached hydrogens (tertiary/aromatic N) is 2. The minimum Gasteiger partial charge on any atom is -0.497 e. The van der Waals surface area contributed by atoms with Crippen molar-refractivity contribution in [2.75, 3.05) is 32.5 Å². The molecule has 0 radical (unpaired) electrons. The van der Waals surface area contributed by atoms with Gasteiger partial charge in [0.25, 0.3) is 0 Å². The topological polar surface area (TPSA) is 62.7 Å². The molecule has 1 unspecified atom stereocenters. The van der Waals surface area contributed by atoms with E-state index in [2.05, 4.69) is 9.88 Å². The number of benzene rings is 2. The van der Waals surface area contributed by atoms with Crippen LogP contribution in [0.3, 0.4) is 0 Å². The lowest BCUT2D eigenvalue weighted by molar-refractivity contribution is -0.141. The van der Waals surface area contributed by atoms with Crippen LogP contribution in [0.1, 0.15) is 50.3 Å². The average Bonchev–Trinajstić information content (AvgIpc) is 2.91. The van der Waals surface area contributed by atoms with E-state index < -0.39 is 17.6 Å². The van der Waals surface area contributed by atoms with Crippen LogP contribution >= 0.6 is 35.0 Å². The number of hydrogen-bond acceptors (Lipinski definition) is 5. The van der Waals surface area contributed by atoms with Crippen molar-refractivity contribution in [3.05, 3.63) is 64.3 Å². The van der Waals surface area contributed by atoms with Gasteiger partial charge in [-0.1, -0.05) is 35.3 Å². The average molecular weight is 580 g/mol. The highest BCUT2D eigenvalue weighted by atomic mass is 35.5. The van der Waals surface area contributed by atoms with Gasteiger partial charge in [0.2, 0.25) is 0 Å². The molecular weight excluding hydrogens is 546 g/mol. The van der Waals surface area contributed by atoms with Crippen LogP contribution in [0.4, 0.5) is 4.39 Å². The largest absolute Gasteiger partial charge is 0.497 e. The first-order valence-corrected chi connectivity index (χ1v) is 14.6. The Morgan fingerprint density at radius 1 is 1.21 bits per heavy atom. The number of halogens is 3. The van der Waals surface area contributed by atoms with Gasteiger partial charge in [-0.3, -0.25) is 9.78 Å². The summed E-state index contributed by atoms with van der Waals surface area (Å²) in [5.74, 6) is 0.743. The monoisotopic (exact) mass is 578 g/mol. The van der Waals surface area contributed by atoms with E-state index >= 15 is 4.39 Å². The Morgan fingerprint density at radius 2 is 1.97 bits per heavy atom. The Kier molecular flexibility index (Phi) is 10.2. The molecule has 3 aromatic rings. The summed E-state index contributed by atoms with van der Waals surface area (Å²) < 4.78 is 21.1. The van der Waals surface area contributed by atoms with Crippen LogP contribution < -0.4 is 4.74 Å². The van der Waals surface area contributed by atoms with Gasteiger partial charge in [-0.05, 0) is 93.2 Å². The van der Waals surface area contributed by atoms with Crippen LogP contribution in [0.25, 0.3) is 10.9 Å². The Hall–Kier alpha value is -2.06. The zero-order valence-corrected chi connectivity index (χ0v) is 23.8. The lowest BCUT2D eigenvalue weighted by Crippen LogP contribution is -2.41. The van der Waals surface area contributed by atoms with E-state index in [1.807, 2.05) is 24.3 Å². The number of ether oxygens (including phenoxy) is 1. The van der Waals surface area contributed by atoms with E-state index in [9.17, 15) is 9.90 Å². The second kappa shape index (κ2) is 13.3. The fourth-order valence-corrected chi connectivity index (χ4v) is 6.75. The summed E-state index contributed by atoms with van der Waals surface area (Å²) in [6.07, 6.45) is 3.39. The zero-order chi connectivity index (χ0) is 27.1. The fraction of sp³-hybridized carbons (Fsp3) is 0.448. The molecule has 0 spiro atoms. The van der Waals surface area contributed by atoms with E-state index in [-0.39, 0.29) is 17.9 Å². The zero-order valence-electron chi connectivity index (χ0n) is 21.5. The molecule has 1 aliphatic heterocycles. The van der Waals surface area contributed by atoms with E-state index in [4.69, 9.17) is 27.9 Å². The van der Waals surface area contributed by atoms with E-state index in [1.54, 1.807) is 37.1 Å². The predicted octanol–water partition coefficient (Wildman–Crippen LogP) is 8.08. The molecule has 4 rings (SSSR count). The number of likely N-dealkylation sites (tertiary alicyclic amines) is 1. The number of rotatable bonds is 12. The van der Waals surface area contributed by atoms with Gasteiger partial charge in [0.1, 0.15) is 11.9 Å². The van der Waals surface area contributed by atoms with Crippen LogP contribution in [0.15, 0.2) is 53.6 Å². The molecule has 1 fully saturated rings. The Labute approximate surface area is 237 Å². The number of methoxy groups -OCH3 is 1. The maximum atomic E-state index is 15.8. The van der Waals surface area contributed by atoms with Crippen LogP contribution in [0.2, 0.25) is 10.0 Å². The quantitative estimate of drug-likeness (QED) is 0.173. The SMILES string of the molecule is COc1ccc2ncc(Cl)c(C(F)CCC3(CC(=O)O)CCN(CCCSc4ccccc4Cl)CC3)c2c1. The van der Waals surface area contributed by atoms with Crippen molar-refractivity contribution in [3.63, 3.8) is 0 Å². The predicted molar refractivity (Wildman–Crippen MR) is 154 cm³/mol. The van der Waals surface area contributed by atoms with Gasteiger partial charge < -0.3 is 14.7 Å². The van der Waals surface area contributed by atoms with Crippen LogP contribution in [-0.4, -0.2) is 53.5 Å². The Morgan fingerprint density at radius 3 is 2.68 bits per heavy atom. The van der Waals surface area contributed by atoms with Crippen molar-refractivity contribution in [3.8, 4) is 5.75 Å². The standard InChI is InChI=1S/C29H33Cl2FN2O3S/c1-37-20-7-8-25-21(17-20)28(23(31)19-33-25)24(32)9-10-29(18-27(35)36)11-14-34(15-12-29)13-4-16-38-26-6-3-2-5-22(26)30/h2-3,5-8,17,19,24H,4,9-16,18H2,1H3,(H,35,36). The molecule has 1 aromatic heterocycles. The first-order valence-electron chi connectivity index (χ1n) is 12.9. The van der Waals surface area contributed by atoms with Gasteiger partial charge in [-0.25, -0.2) is 4.39 Å². The molecule has 0 saturated carbocycles. The molecule has 2 heterocycles. The molecule has 0 amide bonds. The third kappa shape index (κ3) is 7.32. The summed E-state index contributed by atoms with van der Waals surface area (Å²) in [6.45, 7) is 2.58. The van der Waals surface area contributed by atoms with Gasteiger partial charge in [-0.2, -0.15) is 0 Å². The normalized spacial score (nSPS) is 16.4. The molecule has 5 nitrogen and oxygen atoms in total. The first kappa shape index (κ1) is 28.9. The number of carboxylic acids is 1. The van der Waals surface area contributed by atoms with Gasteiger partial charge in [0.15, 0.2) is 0 Å². The second-order valence-electron chi connectivity index (χ2n) is 9.95. The van der Waals surface area contributed by atoms with E-state index in [0.717, 1.165) is 54.6 Å². The number of aromatic nitrogens is 1. The molecule has 38 heavy (non-hydrogen) atoms. The van der Waals surface area contributed by atoms with Gasteiger partial charge in [0, 0.05) is 22.0 Å². The Balaban J connectivity index is 1.35. The molecular formula is C29H33Cl2FN2O3S. The van der Waals surface area contributed by atoms with Crippen molar-refractivity contribution in [2.45, 2.75) is 49.6 Å². The number of pyridine rings is 1. The van der Waals surface area contributed by atoms with E-state index in [1.165, 1.54) is 6.20 Å². The summed E-state index contributed by atoms with van der Waals surface area (Å²) in [7, 11) is 1.56. The first-order chi connectivity index (χ1) is 18.3. The number of piperidine rings is 1. The van der Waals surface area contributed by atoms with Crippen molar-refractivity contribution >= 4 is 51.8 Å². The summed E-state index contributed by atoms with van der Waals surface area (Å²) >= 11 is 14.4. The van der Waals surface area contributed by atoms with E-state index in [0.29, 0.717) is 28.6 Å². The maximum absolute atomic E-state index is 15.8. The molecule has 1 atom stereocenters. The highest BCUT2D eigenvalue weighted by Crippen LogP contribution is 2.44. The maximum Gasteiger partial charge on any atom is 0.303 e. The molecule has 0 aliphatic carbocycles. The minimum absolute atomic E-state index is 0.0502. The minimum atomic E-state index is -1.33. The van der Waals surface area contributed by atoms with Crippen LogP contribution in [-0.2, 0) is 4.79 Å². The number of thioether (sulfide) groups is 1. The second-order valence-corrected chi connectivity index (χ2v) is 11.9. The lowest BCUT2D eigenvalue weighted by atomic mass is 9.71. The molecule has 9 heteroatoms. The van der Waals surface area contributed by atoms with Crippen LogP contribution in [0, 0.1) is 5.41 Å². The summed E-state index contributed by atoms with van der Waals surface area (Å²) in [6, 6.07) is 13.2. The van der Waals surface area contributed by atoms with Crippen molar-refractivity contribution < 1.29 is 19.0 Å². The molecule has 2 aromatic carbocycles. The number of carboxylic acid groups (broad SMARTS) is 1. The number of fused-ring (bicyclic) bond motifs is 1. The highest BCUT2D eigenvalue weighted by Gasteiger charge is 2.37. The number of aliphatic carboxylic acids is 1. The molecule has 1 N–H and O–H groups in total. The summed E-state index contributed by atoms with van der Waals surface area (Å²) in [5, 5.41) is 11.3. The fourth-order valence-electron chi connectivity index (χ4n) is 5.31. The highest BCUT2D eigenvalue weighted by molar-refractivity contribution is 7.99. The van der Waals surface area contributed by atoms with Crippen molar-refractivity contribution in [1.82, 2.24) is 9.88 Å². The third-order valence-electron chi connectivity index (χ3n) is 7.47. The summed E-state index contributed by atoms with van der Waals surface area (Å²) in [4.78, 5) is 19.6. The molecule has 0 bridgehead atoms. The van der Waals surface area contributed by atoms with Gasteiger partial charge >= 0.3 is 5.97 Å². The molecule has 1 aliphatic rings. The third-order valence-corrected chi connectivity index (χ3v) is 9.37. The Bertz CT molecular complexity index is 1250. The number of carbonyl (C=O) groups is 1. The summed E-state index contributed by atoms with van der Waals surface area (Å²) in [5.41, 5.74) is 0.620. The van der Waals surface area contributed by atoms with Crippen LogP contribution in [0.5, 0.6) is 5.75 Å². The smallest absolute Gasteiger partial charge is 0.303 e. The van der Waals surface area contributed by atoms with Crippen molar-refractivity contribution in [1.29, 1.82) is 0 Å². The number of hydrogen-bond donors (Lipinski definition) is 1. The lowest BCUT2D eigenvalue weighted by Gasteiger charge is -2.41.